The van der Waals surface area contributed by atoms with E-state index in [1.54, 1.807) is 17.9 Å². The van der Waals surface area contributed by atoms with Crippen molar-refractivity contribution in [2.24, 2.45) is 7.05 Å². The maximum Gasteiger partial charge on any atom is 0.206 e. The van der Waals surface area contributed by atoms with Crippen molar-refractivity contribution in [3.63, 3.8) is 0 Å². The molecule has 1 atom stereocenters. The molecule has 1 unspecified atom stereocenters. The Morgan fingerprint density at radius 1 is 1.54 bits per heavy atom. The number of aromatic nitrogens is 4. The minimum Gasteiger partial charge on any atom is -0.766 e. The van der Waals surface area contributed by atoms with Crippen molar-refractivity contribution in [3.05, 3.63) is 12.5 Å². The average molecular weight is 197 g/mol. The molecule has 2 aromatic rings. The molecular weight excluding hydrogens is 192 g/mol. The highest BCUT2D eigenvalue weighted by Gasteiger charge is 2.03. The molecule has 0 spiro atoms. The van der Waals surface area contributed by atoms with Crippen LogP contribution in [0.5, 0.6) is 0 Å². The summed E-state index contributed by atoms with van der Waals surface area (Å²) in [7, 11) is 1.74. The van der Waals surface area contributed by atoms with E-state index in [0.29, 0.717) is 11.2 Å². The second-order valence-corrected chi connectivity index (χ2v) is 3.29. The number of aryl methyl sites for hydroxylation is 1. The Hall–Kier alpha value is -1.34. The van der Waals surface area contributed by atoms with Crippen LogP contribution in [0, 0.1) is 0 Å². The van der Waals surface area contributed by atoms with Gasteiger partial charge in [0.2, 0.25) is 5.16 Å². The third kappa shape index (κ3) is 1.31. The van der Waals surface area contributed by atoms with Crippen LogP contribution in [0.2, 0.25) is 0 Å². The number of fused-ring (bicyclic) bond motifs is 1. The zero-order chi connectivity index (χ0) is 9.42. The summed E-state index contributed by atoms with van der Waals surface area (Å²) in [6.45, 7) is 0. The summed E-state index contributed by atoms with van der Waals surface area (Å²) in [4.78, 5) is 11.4. The first-order valence-corrected chi connectivity index (χ1v) is 4.49. The fourth-order valence-electron chi connectivity index (χ4n) is 0.985. The molecule has 2 rings (SSSR count). The average Bonchev–Trinajstić information content (AvgIpc) is 2.47. The van der Waals surface area contributed by atoms with Crippen LogP contribution in [-0.2, 0) is 18.1 Å². The van der Waals surface area contributed by atoms with E-state index in [2.05, 4.69) is 15.0 Å². The molecule has 7 heteroatoms. The molecule has 13 heavy (non-hydrogen) atoms. The van der Waals surface area contributed by atoms with Crippen LogP contribution >= 0.6 is 0 Å². The minimum absolute atomic E-state index is 0.212. The molecule has 6 nitrogen and oxygen atoms in total. The van der Waals surface area contributed by atoms with E-state index in [0.717, 1.165) is 0 Å². The van der Waals surface area contributed by atoms with E-state index >= 15 is 0 Å². The second-order valence-electron chi connectivity index (χ2n) is 2.45. The minimum atomic E-state index is -2.39. The van der Waals surface area contributed by atoms with Crippen LogP contribution in [-0.4, -0.2) is 28.3 Å². The lowest BCUT2D eigenvalue weighted by molar-refractivity contribution is 0.529. The third-order valence-corrected chi connectivity index (χ3v) is 2.08. The molecule has 68 valence electrons. The number of imidazole rings is 1. The van der Waals surface area contributed by atoms with Crippen LogP contribution in [0.15, 0.2) is 17.7 Å². The van der Waals surface area contributed by atoms with Gasteiger partial charge in [-0.15, -0.1) is 0 Å². The van der Waals surface area contributed by atoms with Crippen LogP contribution in [0.3, 0.4) is 0 Å². The topological polar surface area (TPSA) is 83.7 Å². The predicted molar refractivity (Wildman–Crippen MR) is 43.5 cm³/mol. The Balaban J connectivity index is 2.72. The van der Waals surface area contributed by atoms with Gasteiger partial charge in [0.1, 0.15) is 5.52 Å². The SMILES string of the molecule is Cn1cnc2cnc(S(=O)[O-])nc21. The van der Waals surface area contributed by atoms with Crippen molar-refractivity contribution in [3.8, 4) is 0 Å². The third-order valence-electron chi connectivity index (χ3n) is 1.58. The van der Waals surface area contributed by atoms with Gasteiger partial charge in [-0.1, -0.05) is 0 Å². The maximum absolute atomic E-state index is 10.5. The molecular formula is C6H5N4O2S-. The standard InChI is InChI=1S/C6H6N4O2S/c1-10-3-8-4-2-7-6(13(11)12)9-5(4)10/h2-3H,1H3,(H,11,12)/p-1. The normalized spacial score (nSPS) is 13.4. The molecule has 2 heterocycles. The van der Waals surface area contributed by atoms with Gasteiger partial charge in [-0.25, -0.2) is 15.0 Å². The summed E-state index contributed by atoms with van der Waals surface area (Å²) in [5, 5.41) is -0.212. The summed E-state index contributed by atoms with van der Waals surface area (Å²) in [6, 6.07) is 0. The summed E-state index contributed by atoms with van der Waals surface area (Å²) >= 11 is -2.39. The Morgan fingerprint density at radius 2 is 2.31 bits per heavy atom. The Kier molecular flexibility index (Phi) is 1.82. The molecule has 0 amide bonds. The zero-order valence-electron chi connectivity index (χ0n) is 6.67. The molecule has 0 aromatic carbocycles. The molecule has 0 aliphatic heterocycles. The van der Waals surface area contributed by atoms with Gasteiger partial charge >= 0.3 is 0 Å². The fourth-order valence-corrected chi connectivity index (χ4v) is 1.29. The van der Waals surface area contributed by atoms with E-state index in [9.17, 15) is 8.76 Å². The van der Waals surface area contributed by atoms with E-state index in [4.69, 9.17) is 0 Å². The highest BCUT2D eigenvalue weighted by molar-refractivity contribution is 7.78. The maximum atomic E-state index is 10.5. The van der Waals surface area contributed by atoms with Crippen LogP contribution in [0.4, 0.5) is 0 Å². The van der Waals surface area contributed by atoms with Crippen molar-refractivity contribution < 1.29 is 8.76 Å². The first-order chi connectivity index (χ1) is 6.18. The van der Waals surface area contributed by atoms with E-state index in [1.165, 1.54) is 6.20 Å². The van der Waals surface area contributed by atoms with Crippen molar-refractivity contribution in [2.75, 3.05) is 0 Å². The predicted octanol–water partition coefficient (Wildman–Crippen LogP) is -0.399. The van der Waals surface area contributed by atoms with Crippen molar-refractivity contribution in [2.45, 2.75) is 5.16 Å². The largest absolute Gasteiger partial charge is 0.766 e. The molecule has 0 aliphatic rings. The first kappa shape index (κ1) is 8.27. The van der Waals surface area contributed by atoms with Crippen LogP contribution in [0.25, 0.3) is 11.2 Å². The van der Waals surface area contributed by atoms with Gasteiger partial charge < -0.3 is 9.12 Å². The highest BCUT2D eigenvalue weighted by Crippen LogP contribution is 2.08. The summed E-state index contributed by atoms with van der Waals surface area (Å²) in [5.74, 6) is 0. The van der Waals surface area contributed by atoms with Crippen LogP contribution < -0.4 is 0 Å². The van der Waals surface area contributed by atoms with Crippen LogP contribution in [0.1, 0.15) is 0 Å². The first-order valence-electron chi connectivity index (χ1n) is 3.42. The summed E-state index contributed by atoms with van der Waals surface area (Å²) < 4.78 is 22.7. The van der Waals surface area contributed by atoms with Gasteiger partial charge in [-0.3, -0.25) is 4.21 Å². The summed E-state index contributed by atoms with van der Waals surface area (Å²) in [5.41, 5.74) is 1.09. The lowest BCUT2D eigenvalue weighted by Crippen LogP contribution is -1.99. The Morgan fingerprint density at radius 3 is 3.00 bits per heavy atom. The number of rotatable bonds is 1. The van der Waals surface area contributed by atoms with E-state index < -0.39 is 11.1 Å². The molecule has 0 saturated heterocycles. The molecule has 2 aromatic heterocycles. The molecule has 0 fully saturated rings. The second kappa shape index (κ2) is 2.86. The monoisotopic (exact) mass is 197 g/mol. The fraction of sp³-hybridized carbons (Fsp3) is 0.167. The van der Waals surface area contributed by atoms with E-state index in [-0.39, 0.29) is 5.16 Å². The molecule has 0 bridgehead atoms. The Bertz CT molecular complexity index is 480. The smallest absolute Gasteiger partial charge is 0.206 e. The lowest BCUT2D eigenvalue weighted by Gasteiger charge is -2.01. The van der Waals surface area contributed by atoms with Gasteiger partial charge in [0.05, 0.1) is 12.5 Å². The van der Waals surface area contributed by atoms with Gasteiger partial charge in [-0.2, -0.15) is 0 Å². The van der Waals surface area contributed by atoms with Crippen molar-refractivity contribution in [1.29, 1.82) is 0 Å². The molecule has 0 aliphatic carbocycles. The lowest BCUT2D eigenvalue weighted by atomic mass is 10.6. The van der Waals surface area contributed by atoms with Crippen molar-refractivity contribution >= 4 is 22.2 Å². The number of hydrogen-bond acceptors (Lipinski definition) is 5. The number of nitrogens with zero attached hydrogens (tertiary/aromatic N) is 4. The molecule has 0 N–H and O–H groups in total. The van der Waals surface area contributed by atoms with Gasteiger partial charge in [0.25, 0.3) is 0 Å². The number of hydrogen-bond donors (Lipinski definition) is 0. The zero-order valence-corrected chi connectivity index (χ0v) is 7.48. The quantitative estimate of drug-likeness (QED) is 0.459. The van der Waals surface area contributed by atoms with Crippen molar-refractivity contribution in [1.82, 2.24) is 19.5 Å². The van der Waals surface area contributed by atoms with E-state index in [1.807, 2.05) is 0 Å². The van der Waals surface area contributed by atoms with Gasteiger partial charge in [-0.05, 0) is 0 Å². The summed E-state index contributed by atoms with van der Waals surface area (Å²) in [6.07, 6.45) is 2.93. The Labute approximate surface area is 75.9 Å². The van der Waals surface area contributed by atoms with Gasteiger partial charge in [0.15, 0.2) is 5.65 Å². The molecule has 0 saturated carbocycles. The highest BCUT2D eigenvalue weighted by atomic mass is 32.2. The molecule has 0 radical (unpaired) electrons. The van der Waals surface area contributed by atoms with Gasteiger partial charge in [0, 0.05) is 18.1 Å².